The number of carbonyl (C=O) groups excluding carboxylic acids is 1. The number of carboxylic acids is 1. The summed E-state index contributed by atoms with van der Waals surface area (Å²) in [6.07, 6.45) is 0. The van der Waals surface area contributed by atoms with Crippen molar-refractivity contribution in [3.8, 4) is 23.0 Å². The molecule has 0 unspecified atom stereocenters. The van der Waals surface area contributed by atoms with Crippen LogP contribution in [0, 0.1) is 11.6 Å². The number of aromatic carboxylic acids is 1. The SMILES string of the molecule is COC(=O)c1ccc(Oc2ccccc2)cc1Nc1ccc(F)cc1.O=C(O)c1ccc(Oc2ccccc2)cc1Nc1ccc(F)cc1. The summed E-state index contributed by atoms with van der Waals surface area (Å²) in [6.45, 7) is 0. The van der Waals surface area contributed by atoms with E-state index in [-0.39, 0.29) is 17.2 Å². The molecule has 0 saturated heterocycles. The number of benzene rings is 6. The number of methoxy groups -OCH3 is 1. The van der Waals surface area contributed by atoms with Crippen LogP contribution in [-0.4, -0.2) is 24.2 Å². The summed E-state index contributed by atoms with van der Waals surface area (Å²) in [5.74, 6) is 0.149. The molecule has 6 aromatic carbocycles. The van der Waals surface area contributed by atoms with Gasteiger partial charge in [0.25, 0.3) is 0 Å². The lowest BCUT2D eigenvalue weighted by Gasteiger charge is -2.13. The van der Waals surface area contributed by atoms with Crippen molar-refractivity contribution in [3.63, 3.8) is 0 Å². The van der Waals surface area contributed by atoms with Gasteiger partial charge >= 0.3 is 11.9 Å². The lowest BCUT2D eigenvalue weighted by molar-refractivity contribution is 0.0601. The van der Waals surface area contributed by atoms with Gasteiger partial charge in [0, 0.05) is 23.5 Å². The molecule has 0 atom stereocenters. The van der Waals surface area contributed by atoms with Gasteiger partial charge < -0.3 is 30.0 Å². The summed E-state index contributed by atoms with van der Waals surface area (Å²) in [5, 5.41) is 15.4. The Morgan fingerprint density at radius 3 is 1.35 bits per heavy atom. The molecule has 0 aliphatic rings. The van der Waals surface area contributed by atoms with Crippen LogP contribution in [0.1, 0.15) is 20.7 Å². The molecule has 0 aliphatic carbocycles. The Kier molecular flexibility index (Phi) is 11.2. The topological polar surface area (TPSA) is 106 Å². The second-order valence-electron chi connectivity index (χ2n) is 10.3. The zero-order chi connectivity index (χ0) is 34.6. The first-order valence-corrected chi connectivity index (χ1v) is 14.9. The van der Waals surface area contributed by atoms with Gasteiger partial charge in [-0.2, -0.15) is 0 Å². The number of esters is 1. The number of para-hydroxylation sites is 2. The molecular formula is C39H30F2N2O6. The van der Waals surface area contributed by atoms with Crippen molar-refractivity contribution in [2.24, 2.45) is 0 Å². The van der Waals surface area contributed by atoms with Crippen LogP contribution in [0.5, 0.6) is 23.0 Å². The fourth-order valence-corrected chi connectivity index (χ4v) is 4.48. The van der Waals surface area contributed by atoms with Gasteiger partial charge in [-0.25, -0.2) is 18.4 Å². The van der Waals surface area contributed by atoms with Crippen molar-refractivity contribution in [1.29, 1.82) is 0 Å². The summed E-state index contributed by atoms with van der Waals surface area (Å²) in [5.41, 5.74) is 2.54. The summed E-state index contributed by atoms with van der Waals surface area (Å²) < 4.78 is 42.4. The van der Waals surface area contributed by atoms with E-state index >= 15 is 0 Å². The van der Waals surface area contributed by atoms with Crippen LogP contribution in [0.25, 0.3) is 0 Å². The fourth-order valence-electron chi connectivity index (χ4n) is 4.48. The lowest BCUT2D eigenvalue weighted by Crippen LogP contribution is -2.06. The molecule has 49 heavy (non-hydrogen) atoms. The Balaban J connectivity index is 0.000000191. The molecule has 0 saturated carbocycles. The van der Waals surface area contributed by atoms with Gasteiger partial charge in [-0.3, -0.25) is 0 Å². The predicted octanol–water partition coefficient (Wildman–Crippen LogP) is 10.2. The first-order valence-electron chi connectivity index (χ1n) is 14.9. The van der Waals surface area contributed by atoms with Crippen molar-refractivity contribution in [2.75, 3.05) is 17.7 Å². The third-order valence-electron chi connectivity index (χ3n) is 6.82. The van der Waals surface area contributed by atoms with Crippen LogP contribution in [0.4, 0.5) is 31.5 Å². The normalized spacial score (nSPS) is 10.2. The molecule has 8 nitrogen and oxygen atoms in total. The first kappa shape index (κ1) is 33.7. The number of hydrogen-bond acceptors (Lipinski definition) is 7. The third-order valence-corrected chi connectivity index (χ3v) is 6.82. The molecule has 246 valence electrons. The van der Waals surface area contributed by atoms with E-state index < -0.39 is 11.9 Å². The van der Waals surface area contributed by atoms with Gasteiger partial charge in [0.15, 0.2) is 0 Å². The van der Waals surface area contributed by atoms with E-state index in [1.807, 2.05) is 48.5 Å². The fraction of sp³-hybridized carbons (Fsp3) is 0.0256. The highest BCUT2D eigenvalue weighted by Gasteiger charge is 2.15. The average Bonchev–Trinajstić information content (AvgIpc) is 3.11. The molecule has 0 aliphatic heterocycles. The molecule has 0 spiro atoms. The third kappa shape index (κ3) is 9.66. The largest absolute Gasteiger partial charge is 0.478 e. The molecule has 0 aromatic heterocycles. The highest BCUT2D eigenvalue weighted by atomic mass is 19.1. The number of nitrogens with one attached hydrogen (secondary N) is 2. The van der Waals surface area contributed by atoms with Gasteiger partial charge in [-0.1, -0.05) is 36.4 Å². The van der Waals surface area contributed by atoms with Gasteiger partial charge in [-0.15, -0.1) is 0 Å². The van der Waals surface area contributed by atoms with E-state index in [0.717, 1.165) is 0 Å². The van der Waals surface area contributed by atoms with Crippen LogP contribution in [0.3, 0.4) is 0 Å². The molecule has 10 heteroatoms. The number of rotatable bonds is 10. The highest BCUT2D eigenvalue weighted by Crippen LogP contribution is 2.31. The summed E-state index contributed by atoms with van der Waals surface area (Å²) in [4.78, 5) is 23.4. The van der Waals surface area contributed by atoms with Crippen LogP contribution < -0.4 is 20.1 Å². The Hall–Kier alpha value is -6.68. The standard InChI is InChI=1S/C20H16FNO3.C19H14FNO3/c1-24-20(23)18-12-11-17(25-16-5-3-2-4-6-16)13-19(18)22-15-9-7-14(21)8-10-15;20-13-6-8-14(9-7-13)21-18-12-16(10-11-17(18)19(22)23)24-15-4-2-1-3-5-15/h2-13,22H,1H3;1-12,21H,(H,22,23). The van der Waals surface area contributed by atoms with Crippen LogP contribution >= 0.6 is 0 Å². The average molecular weight is 661 g/mol. The van der Waals surface area contributed by atoms with E-state index in [4.69, 9.17) is 14.2 Å². The Labute approximate surface area is 281 Å². The van der Waals surface area contributed by atoms with E-state index in [1.54, 1.807) is 54.6 Å². The Morgan fingerprint density at radius 1 is 0.531 bits per heavy atom. The minimum absolute atomic E-state index is 0.0970. The quantitative estimate of drug-likeness (QED) is 0.125. The van der Waals surface area contributed by atoms with Gasteiger partial charge in [0.2, 0.25) is 0 Å². The van der Waals surface area contributed by atoms with E-state index in [1.165, 1.54) is 49.6 Å². The molecule has 0 bridgehead atoms. The zero-order valence-corrected chi connectivity index (χ0v) is 26.1. The monoisotopic (exact) mass is 660 g/mol. The summed E-state index contributed by atoms with van der Waals surface area (Å²) >= 11 is 0. The minimum Gasteiger partial charge on any atom is -0.478 e. The molecule has 6 rings (SSSR count). The summed E-state index contributed by atoms with van der Waals surface area (Å²) in [7, 11) is 1.32. The number of hydrogen-bond donors (Lipinski definition) is 3. The van der Waals surface area contributed by atoms with Crippen molar-refractivity contribution in [3.05, 3.63) is 168 Å². The van der Waals surface area contributed by atoms with Gasteiger partial charge in [-0.05, 0) is 97.1 Å². The van der Waals surface area contributed by atoms with E-state index in [2.05, 4.69) is 10.6 Å². The maximum Gasteiger partial charge on any atom is 0.339 e. The van der Waals surface area contributed by atoms with E-state index in [9.17, 15) is 23.5 Å². The van der Waals surface area contributed by atoms with Crippen LogP contribution in [0.15, 0.2) is 146 Å². The first-order chi connectivity index (χ1) is 23.8. The lowest BCUT2D eigenvalue weighted by atomic mass is 10.1. The maximum atomic E-state index is 13.1. The number of halogens is 2. The maximum absolute atomic E-state index is 13.1. The second-order valence-corrected chi connectivity index (χ2v) is 10.3. The molecule has 0 amide bonds. The number of carboxylic acid groups (broad SMARTS) is 1. The molecule has 0 fully saturated rings. The van der Waals surface area contributed by atoms with Crippen molar-refractivity contribution in [2.45, 2.75) is 0 Å². The molecule has 6 aromatic rings. The predicted molar refractivity (Wildman–Crippen MR) is 184 cm³/mol. The van der Waals surface area contributed by atoms with Gasteiger partial charge in [0.05, 0.1) is 29.6 Å². The van der Waals surface area contributed by atoms with Crippen molar-refractivity contribution < 1.29 is 37.7 Å². The molecule has 0 heterocycles. The summed E-state index contributed by atoms with van der Waals surface area (Å²) in [6, 6.07) is 39.7. The Morgan fingerprint density at radius 2 is 0.939 bits per heavy atom. The molecule has 0 radical (unpaired) electrons. The van der Waals surface area contributed by atoms with Crippen molar-refractivity contribution >= 4 is 34.7 Å². The zero-order valence-electron chi connectivity index (χ0n) is 26.1. The smallest absolute Gasteiger partial charge is 0.339 e. The van der Waals surface area contributed by atoms with Crippen LogP contribution in [-0.2, 0) is 4.74 Å². The van der Waals surface area contributed by atoms with Gasteiger partial charge in [0.1, 0.15) is 34.6 Å². The highest BCUT2D eigenvalue weighted by molar-refractivity contribution is 5.97. The van der Waals surface area contributed by atoms with Crippen molar-refractivity contribution in [1.82, 2.24) is 0 Å². The van der Waals surface area contributed by atoms with Crippen LogP contribution in [0.2, 0.25) is 0 Å². The number of carbonyl (C=O) groups is 2. The number of anilines is 4. The Bertz CT molecular complexity index is 2010. The number of ether oxygens (including phenoxy) is 3. The molecule has 3 N–H and O–H groups in total. The second kappa shape index (κ2) is 16.2. The molecular weight excluding hydrogens is 630 g/mol. The minimum atomic E-state index is -1.06. The van der Waals surface area contributed by atoms with E-state index in [0.29, 0.717) is 51.3 Å².